The van der Waals surface area contributed by atoms with E-state index in [-0.39, 0.29) is 17.8 Å². The van der Waals surface area contributed by atoms with Crippen molar-refractivity contribution in [2.75, 3.05) is 21.0 Å². The molecule has 1 aliphatic heterocycles. The molecule has 0 aliphatic carbocycles. The Hall–Kier alpha value is -2.47. The largest absolute Gasteiger partial charge is 0.496 e. The summed E-state index contributed by atoms with van der Waals surface area (Å²) in [5.41, 5.74) is 1.42. The van der Waals surface area contributed by atoms with Crippen molar-refractivity contribution in [3.8, 4) is 23.0 Å². The Balaban J connectivity index is 1.94. The molecule has 0 spiro atoms. The standard InChI is InChI=1S/C17H17O7P/c1-21-13-6-5-11(9-16(13)25(18,19)20)3-4-12-7-14(22-2)17-15(8-12)23-10-24-17/h3-9H,10H2,1-2H3,(H2,18,19,20)/b4-3+. The van der Waals surface area contributed by atoms with Crippen molar-refractivity contribution in [2.45, 2.75) is 0 Å². The van der Waals surface area contributed by atoms with E-state index >= 15 is 0 Å². The molecule has 0 atom stereocenters. The molecule has 0 saturated heterocycles. The molecule has 2 aromatic rings. The summed E-state index contributed by atoms with van der Waals surface area (Å²) >= 11 is 0. The maximum absolute atomic E-state index is 11.6. The Labute approximate surface area is 144 Å². The van der Waals surface area contributed by atoms with Crippen LogP contribution in [0.3, 0.4) is 0 Å². The SMILES string of the molecule is COc1ccc(/C=C/c2cc(OC)c3c(c2)OCO3)cc1P(=O)(O)O. The van der Waals surface area contributed by atoms with E-state index in [1.165, 1.54) is 19.2 Å². The zero-order valence-corrected chi connectivity index (χ0v) is 14.5. The van der Waals surface area contributed by atoms with Crippen molar-refractivity contribution in [3.05, 3.63) is 41.5 Å². The molecule has 0 bridgehead atoms. The van der Waals surface area contributed by atoms with E-state index < -0.39 is 7.60 Å². The number of ether oxygens (including phenoxy) is 4. The second-order valence-electron chi connectivity index (χ2n) is 5.27. The highest BCUT2D eigenvalue weighted by Crippen LogP contribution is 2.42. The first kappa shape index (κ1) is 17.4. The van der Waals surface area contributed by atoms with E-state index in [9.17, 15) is 14.4 Å². The number of benzene rings is 2. The van der Waals surface area contributed by atoms with Gasteiger partial charge >= 0.3 is 7.60 Å². The van der Waals surface area contributed by atoms with Crippen molar-refractivity contribution in [1.82, 2.24) is 0 Å². The molecule has 1 heterocycles. The summed E-state index contributed by atoms with van der Waals surface area (Å²) in [6, 6.07) is 8.22. The van der Waals surface area contributed by atoms with Gasteiger partial charge in [0.05, 0.1) is 14.2 Å². The molecule has 0 saturated carbocycles. The van der Waals surface area contributed by atoms with Crippen LogP contribution in [0.5, 0.6) is 23.0 Å². The Morgan fingerprint density at radius 1 is 1.00 bits per heavy atom. The lowest BCUT2D eigenvalue weighted by atomic mass is 10.1. The van der Waals surface area contributed by atoms with Crippen molar-refractivity contribution in [2.24, 2.45) is 0 Å². The summed E-state index contributed by atoms with van der Waals surface area (Å²) in [7, 11) is -1.53. The highest BCUT2D eigenvalue weighted by molar-refractivity contribution is 7.60. The fourth-order valence-corrected chi connectivity index (χ4v) is 3.25. The van der Waals surface area contributed by atoms with E-state index in [1.54, 1.807) is 37.5 Å². The maximum atomic E-state index is 11.6. The summed E-state index contributed by atoms with van der Waals surface area (Å²) in [5.74, 6) is 1.85. The smallest absolute Gasteiger partial charge is 0.359 e. The third kappa shape index (κ3) is 3.64. The van der Waals surface area contributed by atoms with Crippen LogP contribution in [0.15, 0.2) is 30.3 Å². The number of fused-ring (bicyclic) bond motifs is 1. The minimum atomic E-state index is -4.43. The van der Waals surface area contributed by atoms with Crippen LogP contribution in [0.2, 0.25) is 0 Å². The molecule has 25 heavy (non-hydrogen) atoms. The molecule has 0 fully saturated rings. The number of methoxy groups -OCH3 is 2. The average molecular weight is 364 g/mol. The van der Waals surface area contributed by atoms with Gasteiger partial charge in [-0.1, -0.05) is 18.2 Å². The fraction of sp³-hybridized carbons (Fsp3) is 0.176. The number of hydrogen-bond donors (Lipinski definition) is 2. The van der Waals surface area contributed by atoms with Crippen LogP contribution in [-0.2, 0) is 4.57 Å². The van der Waals surface area contributed by atoms with Crippen LogP contribution < -0.4 is 24.3 Å². The molecular weight excluding hydrogens is 347 g/mol. The Kier molecular flexibility index (Phi) is 4.72. The van der Waals surface area contributed by atoms with E-state index in [4.69, 9.17) is 18.9 Å². The third-order valence-corrected chi connectivity index (χ3v) is 4.64. The van der Waals surface area contributed by atoms with Crippen molar-refractivity contribution in [1.29, 1.82) is 0 Å². The lowest BCUT2D eigenvalue weighted by molar-refractivity contribution is 0.171. The topological polar surface area (TPSA) is 94.5 Å². The molecule has 132 valence electrons. The van der Waals surface area contributed by atoms with Gasteiger partial charge in [0, 0.05) is 0 Å². The summed E-state index contributed by atoms with van der Waals surface area (Å²) in [6.07, 6.45) is 3.52. The molecule has 2 N–H and O–H groups in total. The zero-order valence-electron chi connectivity index (χ0n) is 13.6. The maximum Gasteiger partial charge on any atom is 0.359 e. The predicted octanol–water partition coefficient (Wildman–Crippen LogP) is 2.41. The minimum Gasteiger partial charge on any atom is -0.496 e. The molecule has 0 unspecified atom stereocenters. The summed E-state index contributed by atoms with van der Waals surface area (Å²) < 4.78 is 32.6. The summed E-state index contributed by atoms with van der Waals surface area (Å²) in [5, 5.41) is -0.152. The zero-order chi connectivity index (χ0) is 18.0. The lowest BCUT2D eigenvalue weighted by Crippen LogP contribution is -2.08. The monoisotopic (exact) mass is 364 g/mol. The molecule has 1 aliphatic rings. The summed E-state index contributed by atoms with van der Waals surface area (Å²) in [6.45, 7) is 0.142. The second kappa shape index (κ2) is 6.80. The molecular formula is C17H17O7P. The number of rotatable bonds is 5. The van der Waals surface area contributed by atoms with Crippen LogP contribution >= 0.6 is 7.60 Å². The molecule has 8 heteroatoms. The molecule has 3 rings (SSSR count). The van der Waals surface area contributed by atoms with E-state index in [0.29, 0.717) is 22.8 Å². The predicted molar refractivity (Wildman–Crippen MR) is 92.7 cm³/mol. The highest BCUT2D eigenvalue weighted by atomic mass is 31.2. The van der Waals surface area contributed by atoms with Gasteiger partial charge < -0.3 is 28.7 Å². The average Bonchev–Trinajstić information content (AvgIpc) is 3.06. The van der Waals surface area contributed by atoms with Crippen LogP contribution in [0.1, 0.15) is 11.1 Å². The molecule has 7 nitrogen and oxygen atoms in total. The van der Waals surface area contributed by atoms with Crippen molar-refractivity contribution in [3.63, 3.8) is 0 Å². The first-order chi connectivity index (χ1) is 11.9. The van der Waals surface area contributed by atoms with Gasteiger partial charge in [-0.05, 0) is 35.4 Å². The molecule has 0 amide bonds. The number of hydrogen-bond acceptors (Lipinski definition) is 5. The Bertz CT molecular complexity index is 870. The van der Waals surface area contributed by atoms with Crippen LogP contribution in [-0.4, -0.2) is 30.8 Å². The molecule has 0 radical (unpaired) electrons. The van der Waals surface area contributed by atoms with Crippen LogP contribution in [0.25, 0.3) is 12.2 Å². The van der Waals surface area contributed by atoms with E-state index in [0.717, 1.165) is 5.56 Å². The fourth-order valence-electron chi connectivity index (χ4n) is 2.48. The van der Waals surface area contributed by atoms with Gasteiger partial charge in [-0.3, -0.25) is 4.57 Å². The quantitative estimate of drug-likeness (QED) is 0.621. The molecule has 0 aromatic heterocycles. The highest BCUT2D eigenvalue weighted by Gasteiger charge is 2.23. The first-order valence-electron chi connectivity index (χ1n) is 7.32. The van der Waals surface area contributed by atoms with Gasteiger partial charge in [0.2, 0.25) is 12.5 Å². The summed E-state index contributed by atoms with van der Waals surface area (Å²) in [4.78, 5) is 18.9. The van der Waals surface area contributed by atoms with Crippen LogP contribution in [0.4, 0.5) is 0 Å². The Morgan fingerprint density at radius 3 is 2.40 bits per heavy atom. The first-order valence-corrected chi connectivity index (χ1v) is 8.93. The van der Waals surface area contributed by atoms with Gasteiger partial charge in [-0.15, -0.1) is 0 Å². The van der Waals surface area contributed by atoms with Gasteiger partial charge in [0.1, 0.15) is 11.1 Å². The van der Waals surface area contributed by atoms with Gasteiger partial charge in [-0.2, -0.15) is 0 Å². The van der Waals surface area contributed by atoms with Gasteiger partial charge in [0.15, 0.2) is 11.5 Å². The minimum absolute atomic E-state index is 0.142. The van der Waals surface area contributed by atoms with Crippen molar-refractivity contribution >= 4 is 25.1 Å². The van der Waals surface area contributed by atoms with E-state index in [1.807, 2.05) is 0 Å². The second-order valence-corrected chi connectivity index (χ2v) is 6.84. The van der Waals surface area contributed by atoms with Gasteiger partial charge in [-0.25, -0.2) is 0 Å². The van der Waals surface area contributed by atoms with Gasteiger partial charge in [0.25, 0.3) is 0 Å². The van der Waals surface area contributed by atoms with Crippen molar-refractivity contribution < 1.29 is 33.3 Å². The van der Waals surface area contributed by atoms with Crippen LogP contribution in [0, 0.1) is 0 Å². The third-order valence-electron chi connectivity index (χ3n) is 3.67. The lowest BCUT2D eigenvalue weighted by Gasteiger charge is -2.10. The van der Waals surface area contributed by atoms with E-state index in [2.05, 4.69) is 0 Å². The normalized spacial score (nSPS) is 13.3. The molecule has 2 aromatic carbocycles. The Morgan fingerprint density at radius 2 is 1.72 bits per heavy atom.